The summed E-state index contributed by atoms with van der Waals surface area (Å²) in [7, 11) is 0. The van der Waals surface area contributed by atoms with Crippen molar-refractivity contribution in [1.29, 1.82) is 0 Å². The van der Waals surface area contributed by atoms with E-state index in [0.29, 0.717) is 17.8 Å². The zero-order chi connectivity index (χ0) is 20.7. The summed E-state index contributed by atoms with van der Waals surface area (Å²) in [5, 5.41) is 0. The number of cyclic esters (lactones) is 1. The highest BCUT2D eigenvalue weighted by Gasteiger charge is 2.53. The van der Waals surface area contributed by atoms with Crippen molar-refractivity contribution < 1.29 is 13.9 Å². The van der Waals surface area contributed by atoms with E-state index < -0.39 is 0 Å². The van der Waals surface area contributed by atoms with Crippen molar-refractivity contribution >= 4 is 12.0 Å². The number of halogens is 1. The lowest BCUT2D eigenvalue weighted by Gasteiger charge is -2.45. The SMILES string of the molecule is C[C@H]1OC(=O)[C@@H]2C[C@@H]3CCCCC3C(/C=C/c3ccc(-c4cccc(F)c4)cn3)[C@H]12. The summed E-state index contributed by atoms with van der Waals surface area (Å²) in [6.45, 7) is 2.05. The van der Waals surface area contributed by atoms with E-state index in [9.17, 15) is 9.18 Å². The number of rotatable bonds is 3. The molecule has 4 heteroatoms. The zero-order valence-corrected chi connectivity index (χ0v) is 17.3. The van der Waals surface area contributed by atoms with Gasteiger partial charge in [-0.15, -0.1) is 0 Å². The van der Waals surface area contributed by atoms with Crippen LogP contribution < -0.4 is 0 Å². The molecule has 5 rings (SSSR count). The molecule has 3 nitrogen and oxygen atoms in total. The first-order valence-corrected chi connectivity index (χ1v) is 11.2. The van der Waals surface area contributed by atoms with E-state index in [1.807, 2.05) is 18.2 Å². The Morgan fingerprint density at radius 3 is 2.80 bits per heavy atom. The van der Waals surface area contributed by atoms with Crippen LogP contribution in [0.15, 0.2) is 48.7 Å². The van der Waals surface area contributed by atoms with Crippen LogP contribution in [-0.4, -0.2) is 17.1 Å². The molecule has 3 aliphatic rings. The van der Waals surface area contributed by atoms with Crippen molar-refractivity contribution in [3.63, 3.8) is 0 Å². The highest BCUT2D eigenvalue weighted by molar-refractivity contribution is 5.75. The molecule has 0 bridgehead atoms. The monoisotopic (exact) mass is 405 g/mol. The van der Waals surface area contributed by atoms with Crippen molar-refractivity contribution in [2.75, 3.05) is 0 Å². The number of aromatic nitrogens is 1. The van der Waals surface area contributed by atoms with E-state index in [4.69, 9.17) is 4.74 Å². The van der Waals surface area contributed by atoms with Gasteiger partial charge in [0.2, 0.25) is 0 Å². The van der Waals surface area contributed by atoms with Gasteiger partial charge in [-0.25, -0.2) is 4.39 Å². The fourth-order valence-corrected chi connectivity index (χ4v) is 6.14. The number of ether oxygens (including phenoxy) is 1. The number of benzene rings is 1. The predicted octanol–water partition coefficient (Wildman–Crippen LogP) is 5.90. The highest BCUT2D eigenvalue weighted by atomic mass is 19.1. The van der Waals surface area contributed by atoms with Crippen LogP contribution >= 0.6 is 0 Å². The highest BCUT2D eigenvalue weighted by Crippen LogP contribution is 2.53. The van der Waals surface area contributed by atoms with Crippen molar-refractivity contribution in [3.8, 4) is 11.1 Å². The zero-order valence-electron chi connectivity index (χ0n) is 17.3. The molecule has 2 aliphatic carbocycles. The van der Waals surface area contributed by atoms with Gasteiger partial charge in [-0.3, -0.25) is 9.78 Å². The summed E-state index contributed by atoms with van der Waals surface area (Å²) < 4.78 is 19.1. The molecule has 1 aliphatic heterocycles. The molecule has 2 aromatic rings. The third kappa shape index (κ3) is 3.57. The van der Waals surface area contributed by atoms with Crippen LogP contribution in [0.5, 0.6) is 0 Å². The van der Waals surface area contributed by atoms with Crippen LogP contribution in [0.2, 0.25) is 0 Å². The van der Waals surface area contributed by atoms with E-state index in [1.165, 1.54) is 37.8 Å². The van der Waals surface area contributed by atoms with Crippen LogP contribution in [0.25, 0.3) is 17.2 Å². The third-order valence-corrected chi connectivity index (χ3v) is 7.51. The minimum Gasteiger partial charge on any atom is -0.462 e. The summed E-state index contributed by atoms with van der Waals surface area (Å²) >= 11 is 0. The maximum Gasteiger partial charge on any atom is 0.309 e. The average molecular weight is 406 g/mol. The molecule has 0 spiro atoms. The Balaban J connectivity index is 1.39. The number of carbonyl (C=O) groups excluding carboxylic acids is 1. The van der Waals surface area contributed by atoms with Gasteiger partial charge in [0.05, 0.1) is 11.6 Å². The Morgan fingerprint density at radius 2 is 2.00 bits per heavy atom. The van der Waals surface area contributed by atoms with E-state index in [2.05, 4.69) is 24.1 Å². The number of fused-ring (bicyclic) bond motifs is 2. The lowest BCUT2D eigenvalue weighted by molar-refractivity contribution is -0.144. The van der Waals surface area contributed by atoms with Gasteiger partial charge < -0.3 is 4.74 Å². The standard InChI is InChI=1S/C26H28FNO2/c1-16-25-23(22-8-3-2-5-18(22)14-24(25)26(29)30-16)12-11-21-10-9-19(15-28-21)17-6-4-7-20(27)13-17/h4,6-7,9-13,15-16,18,22-25H,2-3,5,8,14H2,1H3/b12-11+/t16-,18+,22?,23?,24-,25+/m1/s1. The third-order valence-electron chi connectivity index (χ3n) is 7.51. The molecule has 1 aromatic heterocycles. The molecule has 1 saturated heterocycles. The van der Waals surface area contributed by atoms with E-state index >= 15 is 0 Å². The number of esters is 1. The molecule has 1 aromatic carbocycles. The van der Waals surface area contributed by atoms with E-state index in [0.717, 1.165) is 23.2 Å². The summed E-state index contributed by atoms with van der Waals surface area (Å²) in [5.41, 5.74) is 2.62. The van der Waals surface area contributed by atoms with Crippen LogP contribution in [0, 0.1) is 35.4 Å². The number of nitrogens with zero attached hydrogens (tertiary/aromatic N) is 1. The van der Waals surface area contributed by atoms with Gasteiger partial charge in [0.1, 0.15) is 11.9 Å². The van der Waals surface area contributed by atoms with Crippen molar-refractivity contribution in [3.05, 3.63) is 60.2 Å². The Hall–Kier alpha value is -2.49. The second kappa shape index (κ2) is 7.98. The maximum atomic E-state index is 13.5. The molecule has 2 unspecified atom stereocenters. The van der Waals surface area contributed by atoms with Gasteiger partial charge in [0, 0.05) is 17.7 Å². The second-order valence-electron chi connectivity index (χ2n) is 9.19. The Labute approximate surface area is 177 Å². The average Bonchev–Trinajstić information content (AvgIpc) is 3.05. The second-order valence-corrected chi connectivity index (χ2v) is 9.19. The normalized spacial score (nSPS) is 33.2. The molecule has 156 valence electrons. The number of hydrogen-bond acceptors (Lipinski definition) is 3. The fourth-order valence-electron chi connectivity index (χ4n) is 6.14. The van der Waals surface area contributed by atoms with E-state index in [1.54, 1.807) is 12.3 Å². The molecule has 2 saturated carbocycles. The quantitative estimate of drug-likeness (QED) is 0.597. The van der Waals surface area contributed by atoms with Gasteiger partial charge in [-0.1, -0.05) is 43.5 Å². The molecule has 30 heavy (non-hydrogen) atoms. The smallest absolute Gasteiger partial charge is 0.309 e. The Bertz CT molecular complexity index is 954. The van der Waals surface area contributed by atoms with Crippen molar-refractivity contribution in [1.82, 2.24) is 4.98 Å². The minimum atomic E-state index is -0.243. The Morgan fingerprint density at radius 1 is 1.13 bits per heavy atom. The lowest BCUT2D eigenvalue weighted by Crippen LogP contribution is -2.42. The van der Waals surface area contributed by atoms with Gasteiger partial charge >= 0.3 is 5.97 Å². The fraction of sp³-hybridized carbons (Fsp3) is 0.462. The van der Waals surface area contributed by atoms with Gasteiger partial charge in [-0.05, 0) is 67.4 Å². The molecular formula is C26H28FNO2. The van der Waals surface area contributed by atoms with Crippen molar-refractivity contribution in [2.45, 2.75) is 45.1 Å². The largest absolute Gasteiger partial charge is 0.462 e. The van der Waals surface area contributed by atoms with Crippen LogP contribution in [0.1, 0.15) is 44.7 Å². The Kier molecular flexibility index (Phi) is 5.18. The first-order valence-electron chi connectivity index (χ1n) is 11.2. The summed E-state index contributed by atoms with van der Waals surface area (Å²) in [6, 6.07) is 10.5. The number of carbonyl (C=O) groups is 1. The number of pyridine rings is 1. The predicted molar refractivity (Wildman–Crippen MR) is 115 cm³/mol. The lowest BCUT2D eigenvalue weighted by atomic mass is 9.57. The summed E-state index contributed by atoms with van der Waals surface area (Å²) in [5.74, 6) is 1.73. The van der Waals surface area contributed by atoms with Crippen LogP contribution in [0.3, 0.4) is 0 Å². The van der Waals surface area contributed by atoms with Gasteiger partial charge in [-0.2, -0.15) is 0 Å². The van der Waals surface area contributed by atoms with Crippen molar-refractivity contribution in [2.24, 2.45) is 29.6 Å². The molecule has 6 atom stereocenters. The molecule has 0 amide bonds. The van der Waals surface area contributed by atoms with Crippen LogP contribution in [-0.2, 0) is 9.53 Å². The van der Waals surface area contributed by atoms with Gasteiger partial charge in [0.15, 0.2) is 0 Å². The van der Waals surface area contributed by atoms with Gasteiger partial charge in [0.25, 0.3) is 0 Å². The summed E-state index contributed by atoms with van der Waals surface area (Å²) in [4.78, 5) is 17.0. The maximum absolute atomic E-state index is 13.5. The summed E-state index contributed by atoms with van der Waals surface area (Å²) in [6.07, 6.45) is 12.2. The van der Waals surface area contributed by atoms with E-state index in [-0.39, 0.29) is 29.7 Å². The topological polar surface area (TPSA) is 39.2 Å². The first-order chi connectivity index (χ1) is 14.6. The number of allylic oxidation sites excluding steroid dienone is 1. The minimum absolute atomic E-state index is 0.00694. The molecule has 3 fully saturated rings. The molecule has 0 N–H and O–H groups in total. The van der Waals surface area contributed by atoms with Crippen LogP contribution in [0.4, 0.5) is 4.39 Å². The first kappa shape index (κ1) is 19.5. The molecule has 0 radical (unpaired) electrons. The molecular weight excluding hydrogens is 377 g/mol. The number of hydrogen-bond donors (Lipinski definition) is 0. The molecule has 2 heterocycles.